The Hall–Kier alpha value is -2.15. The van der Waals surface area contributed by atoms with Gasteiger partial charge >= 0.3 is 0 Å². The van der Waals surface area contributed by atoms with E-state index in [2.05, 4.69) is 10.3 Å². The van der Waals surface area contributed by atoms with Crippen LogP contribution in [0.1, 0.15) is 54.2 Å². The molecule has 2 aliphatic rings. The van der Waals surface area contributed by atoms with Crippen LogP contribution in [0.4, 0.5) is 0 Å². The smallest absolute Gasteiger partial charge is 0.256 e. The number of fused-ring (bicyclic) bond motifs is 1. The van der Waals surface area contributed by atoms with Gasteiger partial charge in [0.25, 0.3) is 5.91 Å². The standard InChI is InChI=1S/C20H30N4O3/c1-13(11-23(2)3)18(25)21-10-14-9-16-17(22-19(14)27-4)12-24(20(16)26)15-7-5-6-8-15/h9,13,15H,5-8,10-12H2,1-4H3,(H,21,25)/t13-/m0/s1. The highest BCUT2D eigenvalue weighted by molar-refractivity contribution is 5.98. The second kappa shape index (κ2) is 8.25. The number of carbonyl (C=O) groups excluding carboxylic acids is 2. The lowest BCUT2D eigenvalue weighted by Gasteiger charge is -2.22. The molecule has 27 heavy (non-hydrogen) atoms. The van der Waals surface area contributed by atoms with Crippen LogP contribution in [0.25, 0.3) is 0 Å². The zero-order valence-corrected chi connectivity index (χ0v) is 16.7. The Labute approximate surface area is 161 Å². The van der Waals surface area contributed by atoms with E-state index in [9.17, 15) is 9.59 Å². The lowest BCUT2D eigenvalue weighted by Crippen LogP contribution is -2.34. The van der Waals surface area contributed by atoms with Crippen LogP contribution in [0.3, 0.4) is 0 Å². The zero-order chi connectivity index (χ0) is 19.6. The highest BCUT2D eigenvalue weighted by Crippen LogP contribution is 2.33. The molecule has 3 rings (SSSR count). The first kappa shape index (κ1) is 19.6. The summed E-state index contributed by atoms with van der Waals surface area (Å²) in [7, 11) is 5.46. The summed E-state index contributed by atoms with van der Waals surface area (Å²) in [6, 6.07) is 2.17. The molecule has 148 valence electrons. The minimum Gasteiger partial charge on any atom is -0.481 e. The van der Waals surface area contributed by atoms with Gasteiger partial charge in [0, 0.05) is 30.6 Å². The lowest BCUT2D eigenvalue weighted by molar-refractivity contribution is -0.125. The summed E-state index contributed by atoms with van der Waals surface area (Å²) in [6.07, 6.45) is 4.51. The van der Waals surface area contributed by atoms with Crippen molar-refractivity contribution in [2.75, 3.05) is 27.7 Å². The van der Waals surface area contributed by atoms with Crippen molar-refractivity contribution in [3.8, 4) is 5.88 Å². The van der Waals surface area contributed by atoms with E-state index < -0.39 is 0 Å². The molecule has 1 N–H and O–H groups in total. The van der Waals surface area contributed by atoms with E-state index in [1.165, 1.54) is 12.8 Å². The van der Waals surface area contributed by atoms with E-state index in [1.54, 1.807) is 7.11 Å². The topological polar surface area (TPSA) is 74.8 Å². The minimum atomic E-state index is -0.118. The van der Waals surface area contributed by atoms with Crippen LogP contribution >= 0.6 is 0 Å². The maximum Gasteiger partial charge on any atom is 0.256 e. The molecule has 1 aromatic heterocycles. The molecule has 0 saturated heterocycles. The predicted octanol–water partition coefficient (Wildman–Crippen LogP) is 1.80. The highest BCUT2D eigenvalue weighted by atomic mass is 16.5. The van der Waals surface area contributed by atoms with Gasteiger partial charge in [-0.25, -0.2) is 4.98 Å². The van der Waals surface area contributed by atoms with E-state index in [-0.39, 0.29) is 17.7 Å². The van der Waals surface area contributed by atoms with Gasteiger partial charge < -0.3 is 19.9 Å². The number of carbonyl (C=O) groups is 2. The molecule has 0 spiro atoms. The highest BCUT2D eigenvalue weighted by Gasteiger charge is 2.36. The number of nitrogens with zero attached hydrogens (tertiary/aromatic N) is 3. The molecular formula is C20H30N4O3. The van der Waals surface area contributed by atoms with Gasteiger partial charge in [0.2, 0.25) is 11.8 Å². The monoisotopic (exact) mass is 374 g/mol. The van der Waals surface area contributed by atoms with Gasteiger partial charge in [0.1, 0.15) is 0 Å². The number of pyridine rings is 1. The third-order valence-corrected chi connectivity index (χ3v) is 5.45. The fourth-order valence-corrected chi connectivity index (χ4v) is 4.07. The van der Waals surface area contributed by atoms with Crippen molar-refractivity contribution in [2.45, 2.75) is 51.7 Å². The molecule has 1 fully saturated rings. The molecule has 1 saturated carbocycles. The Bertz CT molecular complexity index is 713. The van der Waals surface area contributed by atoms with Crippen molar-refractivity contribution in [1.82, 2.24) is 20.1 Å². The molecule has 2 amide bonds. The summed E-state index contributed by atoms with van der Waals surface area (Å²) in [4.78, 5) is 33.7. The summed E-state index contributed by atoms with van der Waals surface area (Å²) in [5, 5.41) is 2.94. The number of ether oxygens (including phenoxy) is 1. The molecule has 0 radical (unpaired) electrons. The Morgan fingerprint density at radius 1 is 1.41 bits per heavy atom. The number of rotatable bonds is 7. The van der Waals surface area contributed by atoms with E-state index in [4.69, 9.17) is 4.74 Å². The van der Waals surface area contributed by atoms with Crippen molar-refractivity contribution >= 4 is 11.8 Å². The van der Waals surface area contributed by atoms with Crippen molar-refractivity contribution in [1.29, 1.82) is 0 Å². The SMILES string of the molecule is COc1nc2c(cc1CNC(=O)[C@@H](C)CN(C)C)C(=O)N(C1CCCC1)C2. The van der Waals surface area contributed by atoms with Crippen molar-refractivity contribution in [3.05, 3.63) is 22.9 Å². The second-order valence-electron chi connectivity index (χ2n) is 7.90. The van der Waals surface area contributed by atoms with Crippen molar-refractivity contribution in [3.63, 3.8) is 0 Å². The maximum absolute atomic E-state index is 12.9. The lowest BCUT2D eigenvalue weighted by atomic mass is 10.1. The van der Waals surface area contributed by atoms with Crippen LogP contribution in [0, 0.1) is 5.92 Å². The van der Waals surface area contributed by atoms with E-state index >= 15 is 0 Å². The minimum absolute atomic E-state index is 0.0230. The summed E-state index contributed by atoms with van der Waals surface area (Å²) in [6.45, 7) is 3.44. The van der Waals surface area contributed by atoms with Gasteiger partial charge in [-0.2, -0.15) is 0 Å². The normalized spacial score (nSPS) is 18.1. The first-order chi connectivity index (χ1) is 12.9. The third-order valence-electron chi connectivity index (χ3n) is 5.45. The molecule has 2 heterocycles. The molecule has 1 atom stereocenters. The van der Waals surface area contributed by atoms with Gasteiger partial charge in [-0.15, -0.1) is 0 Å². The molecular weight excluding hydrogens is 344 g/mol. The molecule has 7 nitrogen and oxygen atoms in total. The second-order valence-corrected chi connectivity index (χ2v) is 7.90. The summed E-state index contributed by atoms with van der Waals surface area (Å²) in [5.74, 6) is 0.397. The van der Waals surface area contributed by atoms with Crippen LogP contribution in [-0.4, -0.2) is 60.4 Å². The van der Waals surface area contributed by atoms with Gasteiger partial charge in [0.05, 0.1) is 24.9 Å². The Morgan fingerprint density at radius 3 is 2.74 bits per heavy atom. The summed E-state index contributed by atoms with van der Waals surface area (Å²) >= 11 is 0. The van der Waals surface area contributed by atoms with Crippen LogP contribution in [-0.2, 0) is 17.9 Å². The van der Waals surface area contributed by atoms with E-state index in [0.717, 1.165) is 24.1 Å². The van der Waals surface area contributed by atoms with Crippen molar-refractivity contribution < 1.29 is 14.3 Å². The fourth-order valence-electron chi connectivity index (χ4n) is 4.07. The quantitative estimate of drug-likeness (QED) is 0.788. The first-order valence-corrected chi connectivity index (χ1v) is 9.71. The third kappa shape index (κ3) is 4.24. The number of aromatic nitrogens is 1. The molecule has 1 aromatic rings. The van der Waals surface area contributed by atoms with Crippen molar-refractivity contribution in [2.24, 2.45) is 5.92 Å². The molecule has 7 heteroatoms. The zero-order valence-electron chi connectivity index (χ0n) is 16.7. The van der Waals surface area contributed by atoms with Gasteiger partial charge in [-0.1, -0.05) is 19.8 Å². The number of hydrogen-bond acceptors (Lipinski definition) is 5. The average Bonchev–Trinajstić information content (AvgIpc) is 3.26. The van der Waals surface area contributed by atoms with Gasteiger partial charge in [-0.3, -0.25) is 9.59 Å². The molecule has 0 unspecified atom stereocenters. The van der Waals surface area contributed by atoms with E-state index in [1.807, 2.05) is 36.9 Å². The average molecular weight is 374 g/mol. The summed E-state index contributed by atoms with van der Waals surface area (Å²) in [5.41, 5.74) is 2.16. The Kier molecular flexibility index (Phi) is 5.99. The van der Waals surface area contributed by atoms with Crippen LogP contribution in [0.15, 0.2) is 6.07 Å². The Morgan fingerprint density at radius 2 is 2.11 bits per heavy atom. The molecule has 0 aromatic carbocycles. The predicted molar refractivity (Wildman–Crippen MR) is 102 cm³/mol. The summed E-state index contributed by atoms with van der Waals surface area (Å²) < 4.78 is 5.42. The number of methoxy groups -OCH3 is 1. The van der Waals surface area contributed by atoms with Crippen LogP contribution in [0.2, 0.25) is 0 Å². The fraction of sp³-hybridized carbons (Fsp3) is 0.650. The number of hydrogen-bond donors (Lipinski definition) is 1. The van der Waals surface area contributed by atoms with Crippen LogP contribution < -0.4 is 10.1 Å². The van der Waals surface area contributed by atoms with Gasteiger partial charge in [0.15, 0.2) is 0 Å². The molecule has 1 aliphatic carbocycles. The first-order valence-electron chi connectivity index (χ1n) is 9.71. The van der Waals surface area contributed by atoms with E-state index in [0.29, 0.717) is 37.1 Å². The number of amides is 2. The Balaban J connectivity index is 1.72. The number of nitrogens with one attached hydrogen (secondary N) is 1. The molecule has 0 bridgehead atoms. The van der Waals surface area contributed by atoms with Crippen LogP contribution in [0.5, 0.6) is 5.88 Å². The van der Waals surface area contributed by atoms with Gasteiger partial charge in [-0.05, 0) is 33.0 Å². The largest absolute Gasteiger partial charge is 0.481 e. The maximum atomic E-state index is 12.9. The molecule has 1 aliphatic heterocycles.